The number of hydrogen-bond donors (Lipinski definition) is 1. The van der Waals surface area contributed by atoms with Gasteiger partial charge in [0.2, 0.25) is 0 Å². The summed E-state index contributed by atoms with van der Waals surface area (Å²) in [6, 6.07) is 3.40. The largest absolute Gasteiger partial charge is 0.453 e. The minimum Gasteiger partial charge on any atom is -0.453 e. The maximum absolute atomic E-state index is 12.1. The Morgan fingerprint density at radius 3 is 3.24 bits per heavy atom. The number of hydrogen-bond acceptors (Lipinski definition) is 5. The molecular weight excluding hydrogens is 288 g/mol. The molecule has 6 heteroatoms. The number of amides is 1. The van der Waals surface area contributed by atoms with Gasteiger partial charge in [-0.3, -0.25) is 10.1 Å². The number of methoxy groups -OCH3 is 1. The molecule has 2 heterocycles. The molecule has 1 aliphatic carbocycles. The molecule has 2 aromatic rings. The van der Waals surface area contributed by atoms with E-state index >= 15 is 0 Å². The lowest BCUT2D eigenvalue weighted by Gasteiger charge is -2.15. The fraction of sp³-hybridized carbons (Fsp3) is 0.467. The molecule has 5 nitrogen and oxygen atoms in total. The number of anilines is 1. The number of nitrogens with one attached hydrogen (secondary N) is 1. The highest BCUT2D eigenvalue weighted by atomic mass is 32.1. The van der Waals surface area contributed by atoms with Gasteiger partial charge in [-0.1, -0.05) is 6.92 Å². The fourth-order valence-electron chi connectivity index (χ4n) is 2.47. The van der Waals surface area contributed by atoms with Crippen LogP contribution in [0.1, 0.15) is 40.2 Å². The summed E-state index contributed by atoms with van der Waals surface area (Å²) in [4.78, 5) is 17.9. The van der Waals surface area contributed by atoms with Gasteiger partial charge in [0.1, 0.15) is 12.4 Å². The van der Waals surface area contributed by atoms with Crippen LogP contribution in [-0.4, -0.2) is 18.0 Å². The van der Waals surface area contributed by atoms with Crippen LogP contribution in [0.4, 0.5) is 5.13 Å². The zero-order valence-corrected chi connectivity index (χ0v) is 13.0. The minimum atomic E-state index is -0.267. The van der Waals surface area contributed by atoms with Crippen molar-refractivity contribution in [2.45, 2.75) is 32.8 Å². The Hall–Kier alpha value is -1.66. The minimum absolute atomic E-state index is 0.267. The van der Waals surface area contributed by atoms with Gasteiger partial charge >= 0.3 is 0 Å². The summed E-state index contributed by atoms with van der Waals surface area (Å²) in [5.41, 5.74) is 1.13. The highest BCUT2D eigenvalue weighted by molar-refractivity contribution is 7.15. The predicted octanol–water partition coefficient (Wildman–Crippen LogP) is 3.26. The fourth-order valence-corrected chi connectivity index (χ4v) is 3.64. The second-order valence-corrected chi connectivity index (χ2v) is 6.47. The lowest BCUT2D eigenvalue weighted by atomic mass is 9.93. The van der Waals surface area contributed by atoms with Crippen LogP contribution in [0.15, 0.2) is 16.5 Å². The third kappa shape index (κ3) is 3.16. The van der Waals surface area contributed by atoms with Gasteiger partial charge in [-0.25, -0.2) is 4.98 Å². The molecule has 1 unspecified atom stereocenters. The van der Waals surface area contributed by atoms with Crippen molar-refractivity contribution < 1.29 is 13.9 Å². The number of aromatic nitrogens is 1. The highest BCUT2D eigenvalue weighted by Crippen LogP contribution is 2.32. The first kappa shape index (κ1) is 14.3. The van der Waals surface area contributed by atoms with Crippen molar-refractivity contribution in [1.29, 1.82) is 0 Å². The van der Waals surface area contributed by atoms with Crippen LogP contribution in [0.5, 0.6) is 0 Å². The average molecular weight is 306 g/mol. The van der Waals surface area contributed by atoms with Crippen molar-refractivity contribution in [1.82, 2.24) is 4.98 Å². The van der Waals surface area contributed by atoms with Crippen molar-refractivity contribution in [2.24, 2.45) is 5.92 Å². The predicted molar refractivity (Wildman–Crippen MR) is 80.7 cm³/mol. The third-order valence-electron chi connectivity index (χ3n) is 3.58. The Balaban J connectivity index is 1.69. The Bertz CT molecular complexity index is 647. The second kappa shape index (κ2) is 5.99. The van der Waals surface area contributed by atoms with Gasteiger partial charge in [0.05, 0.1) is 5.69 Å². The van der Waals surface area contributed by atoms with E-state index in [0.717, 1.165) is 18.5 Å². The quantitative estimate of drug-likeness (QED) is 0.941. The van der Waals surface area contributed by atoms with E-state index in [1.54, 1.807) is 30.6 Å². The maximum Gasteiger partial charge on any atom is 0.293 e. The molecule has 2 aromatic heterocycles. The Morgan fingerprint density at radius 2 is 2.43 bits per heavy atom. The normalized spacial score (nSPS) is 17.5. The smallest absolute Gasteiger partial charge is 0.293 e. The number of carbonyl (C=O) groups excluding carboxylic acids is 1. The molecule has 0 bridgehead atoms. The van der Waals surface area contributed by atoms with E-state index in [9.17, 15) is 4.79 Å². The van der Waals surface area contributed by atoms with E-state index in [1.807, 2.05) is 0 Å². The molecule has 3 rings (SSSR count). The monoisotopic (exact) mass is 306 g/mol. The molecule has 1 amide bonds. The van der Waals surface area contributed by atoms with Gasteiger partial charge in [0, 0.05) is 12.0 Å². The van der Waals surface area contributed by atoms with Crippen LogP contribution in [0.3, 0.4) is 0 Å². The standard InChI is InChI=1S/C15H18N2O3S/c1-9-3-5-11-13(7-9)21-15(16-11)17-14(18)12-6-4-10(20-12)8-19-2/h4,6,9H,3,5,7-8H2,1-2H3,(H,16,17,18). The van der Waals surface area contributed by atoms with Crippen molar-refractivity contribution in [3.8, 4) is 0 Å². The second-order valence-electron chi connectivity index (χ2n) is 5.39. The number of nitrogens with zero attached hydrogens (tertiary/aromatic N) is 1. The zero-order chi connectivity index (χ0) is 14.8. The average Bonchev–Trinajstić information content (AvgIpc) is 3.05. The van der Waals surface area contributed by atoms with E-state index < -0.39 is 0 Å². The first-order valence-electron chi connectivity index (χ1n) is 7.03. The van der Waals surface area contributed by atoms with Crippen molar-refractivity contribution >= 4 is 22.4 Å². The first-order valence-corrected chi connectivity index (χ1v) is 7.85. The molecule has 0 spiro atoms. The lowest BCUT2D eigenvalue weighted by Crippen LogP contribution is -2.11. The lowest BCUT2D eigenvalue weighted by molar-refractivity contribution is 0.0987. The van der Waals surface area contributed by atoms with E-state index in [0.29, 0.717) is 23.4 Å². The molecule has 1 N–H and O–H groups in total. The molecule has 0 fully saturated rings. The van der Waals surface area contributed by atoms with E-state index in [-0.39, 0.29) is 11.7 Å². The summed E-state index contributed by atoms with van der Waals surface area (Å²) < 4.78 is 10.4. The summed E-state index contributed by atoms with van der Waals surface area (Å²) in [7, 11) is 1.59. The molecule has 0 radical (unpaired) electrons. The van der Waals surface area contributed by atoms with Crippen molar-refractivity contribution in [3.05, 3.63) is 34.2 Å². The number of aryl methyl sites for hydroxylation is 1. The molecule has 21 heavy (non-hydrogen) atoms. The van der Waals surface area contributed by atoms with Gasteiger partial charge in [-0.15, -0.1) is 11.3 Å². The van der Waals surface area contributed by atoms with Crippen LogP contribution >= 0.6 is 11.3 Å². The molecular formula is C15H18N2O3S. The number of ether oxygens (including phenoxy) is 1. The molecule has 0 aromatic carbocycles. The van der Waals surface area contributed by atoms with Gasteiger partial charge < -0.3 is 9.15 Å². The molecule has 0 saturated carbocycles. The Morgan fingerprint density at radius 1 is 1.57 bits per heavy atom. The summed E-state index contributed by atoms with van der Waals surface area (Å²) >= 11 is 1.57. The Labute approximate surface area is 127 Å². The Kier molecular flexibility index (Phi) is 4.07. The first-order chi connectivity index (χ1) is 10.2. The summed E-state index contributed by atoms with van der Waals surface area (Å²) in [6.07, 6.45) is 3.23. The number of furan rings is 1. The number of rotatable bonds is 4. The van der Waals surface area contributed by atoms with Gasteiger partial charge in [0.25, 0.3) is 5.91 Å². The molecule has 1 aliphatic rings. The molecule has 112 valence electrons. The topological polar surface area (TPSA) is 64.4 Å². The molecule has 0 aliphatic heterocycles. The zero-order valence-electron chi connectivity index (χ0n) is 12.1. The van der Waals surface area contributed by atoms with Crippen LogP contribution in [0.25, 0.3) is 0 Å². The number of thiazole rings is 1. The summed E-state index contributed by atoms with van der Waals surface area (Å²) in [6.45, 7) is 2.61. The SMILES string of the molecule is COCc1ccc(C(=O)Nc2nc3c(s2)CC(C)CC3)o1. The van der Waals surface area contributed by atoms with Crippen LogP contribution in [0, 0.1) is 5.92 Å². The third-order valence-corrected chi connectivity index (χ3v) is 4.61. The maximum atomic E-state index is 12.1. The number of fused-ring (bicyclic) bond motifs is 1. The van der Waals surface area contributed by atoms with Crippen LogP contribution < -0.4 is 5.32 Å². The van der Waals surface area contributed by atoms with Crippen LogP contribution in [0.2, 0.25) is 0 Å². The number of carbonyl (C=O) groups is 1. The van der Waals surface area contributed by atoms with Gasteiger partial charge in [0.15, 0.2) is 10.9 Å². The summed E-state index contributed by atoms with van der Waals surface area (Å²) in [5.74, 6) is 1.35. The highest BCUT2D eigenvalue weighted by Gasteiger charge is 2.21. The summed E-state index contributed by atoms with van der Waals surface area (Å²) in [5, 5.41) is 3.48. The van der Waals surface area contributed by atoms with E-state index in [2.05, 4.69) is 17.2 Å². The van der Waals surface area contributed by atoms with Crippen molar-refractivity contribution in [3.63, 3.8) is 0 Å². The van der Waals surface area contributed by atoms with E-state index in [4.69, 9.17) is 9.15 Å². The molecule has 1 atom stereocenters. The van der Waals surface area contributed by atoms with Crippen molar-refractivity contribution in [2.75, 3.05) is 12.4 Å². The van der Waals surface area contributed by atoms with E-state index in [1.165, 1.54) is 11.3 Å². The van der Waals surface area contributed by atoms with Crippen LogP contribution in [-0.2, 0) is 24.2 Å². The van der Waals surface area contributed by atoms with Gasteiger partial charge in [-0.05, 0) is 37.3 Å². The van der Waals surface area contributed by atoms with Gasteiger partial charge in [-0.2, -0.15) is 0 Å². The molecule has 0 saturated heterocycles.